The van der Waals surface area contributed by atoms with Crippen LogP contribution < -0.4 is 10.6 Å². The van der Waals surface area contributed by atoms with Gasteiger partial charge in [-0.3, -0.25) is 9.79 Å². The average molecular weight is 408 g/mol. The van der Waals surface area contributed by atoms with Gasteiger partial charge in [-0.25, -0.2) is 0 Å². The summed E-state index contributed by atoms with van der Waals surface area (Å²) >= 11 is 0. The number of fused-ring (bicyclic) bond motifs is 1. The molecule has 0 aromatic rings. The van der Waals surface area contributed by atoms with Gasteiger partial charge in [-0.15, -0.1) is 24.0 Å². The highest BCUT2D eigenvalue weighted by atomic mass is 127. The van der Waals surface area contributed by atoms with Crippen molar-refractivity contribution in [3.05, 3.63) is 0 Å². The summed E-state index contributed by atoms with van der Waals surface area (Å²) in [4.78, 5) is 17.9. The van der Waals surface area contributed by atoms with E-state index in [0.29, 0.717) is 13.1 Å². The fraction of sp³-hybridized carbons (Fsp3) is 0.867. The van der Waals surface area contributed by atoms with Crippen molar-refractivity contribution < 1.29 is 4.79 Å². The van der Waals surface area contributed by atoms with Crippen LogP contribution in [-0.4, -0.2) is 49.5 Å². The quantitative estimate of drug-likeness (QED) is 0.323. The van der Waals surface area contributed by atoms with Crippen molar-refractivity contribution in [2.45, 2.75) is 39.5 Å². The molecule has 1 amide bonds. The van der Waals surface area contributed by atoms with Crippen LogP contribution in [0.25, 0.3) is 0 Å². The zero-order valence-electron chi connectivity index (χ0n) is 13.2. The molecule has 0 spiro atoms. The summed E-state index contributed by atoms with van der Waals surface area (Å²) in [5, 5.41) is 6.18. The number of amides is 1. The van der Waals surface area contributed by atoms with Gasteiger partial charge in [-0.05, 0) is 31.6 Å². The molecule has 6 heteroatoms. The molecule has 1 heterocycles. The Morgan fingerprint density at radius 2 is 1.81 bits per heavy atom. The minimum Gasteiger partial charge on any atom is -0.357 e. The summed E-state index contributed by atoms with van der Waals surface area (Å²) in [6.45, 7) is 8.10. The van der Waals surface area contributed by atoms with Crippen LogP contribution in [0.3, 0.4) is 0 Å². The van der Waals surface area contributed by atoms with E-state index < -0.39 is 0 Å². The molecule has 2 unspecified atom stereocenters. The number of likely N-dealkylation sites (tertiary alicyclic amines) is 1. The maximum atomic E-state index is 10.9. The predicted molar refractivity (Wildman–Crippen MR) is 97.1 cm³/mol. The van der Waals surface area contributed by atoms with E-state index in [4.69, 9.17) is 0 Å². The van der Waals surface area contributed by atoms with Gasteiger partial charge < -0.3 is 15.5 Å². The van der Waals surface area contributed by atoms with Gasteiger partial charge in [0.15, 0.2) is 5.96 Å². The highest BCUT2D eigenvalue weighted by Crippen LogP contribution is 2.35. The molecule has 1 aliphatic carbocycles. The highest BCUT2D eigenvalue weighted by molar-refractivity contribution is 14.0. The Labute approximate surface area is 145 Å². The first kappa shape index (κ1) is 18.5. The summed E-state index contributed by atoms with van der Waals surface area (Å²) < 4.78 is 0. The first-order valence-corrected chi connectivity index (χ1v) is 7.98. The lowest BCUT2D eigenvalue weighted by Crippen LogP contribution is -2.40. The molecule has 1 aliphatic heterocycles. The second-order valence-electron chi connectivity index (χ2n) is 5.93. The average Bonchev–Trinajstić information content (AvgIpc) is 2.85. The zero-order chi connectivity index (χ0) is 14.4. The van der Waals surface area contributed by atoms with Crippen molar-refractivity contribution in [3.63, 3.8) is 0 Å². The Bertz CT molecular complexity index is 348. The van der Waals surface area contributed by atoms with E-state index in [-0.39, 0.29) is 29.9 Å². The first-order chi connectivity index (χ1) is 9.70. The lowest BCUT2D eigenvalue weighted by Gasteiger charge is -2.22. The summed E-state index contributed by atoms with van der Waals surface area (Å²) in [7, 11) is 0. The maximum Gasteiger partial charge on any atom is 0.216 e. The number of carbonyl (C=O) groups excluding carboxylic acids is 1. The molecule has 21 heavy (non-hydrogen) atoms. The number of carbonyl (C=O) groups is 1. The first-order valence-electron chi connectivity index (χ1n) is 7.98. The van der Waals surface area contributed by atoms with Crippen LogP contribution in [0.1, 0.15) is 39.5 Å². The van der Waals surface area contributed by atoms with Crippen molar-refractivity contribution in [3.8, 4) is 0 Å². The van der Waals surface area contributed by atoms with E-state index in [1.54, 1.807) is 6.92 Å². The van der Waals surface area contributed by atoms with Crippen LogP contribution in [0, 0.1) is 11.8 Å². The second-order valence-corrected chi connectivity index (χ2v) is 5.93. The SMILES string of the molecule is CCNC(=NCCNC(C)=O)N1CC2CCCCC2C1.I. The van der Waals surface area contributed by atoms with Gasteiger partial charge in [0, 0.05) is 33.1 Å². The van der Waals surface area contributed by atoms with E-state index in [2.05, 4.69) is 27.4 Å². The molecule has 2 aliphatic rings. The number of rotatable bonds is 4. The molecule has 2 rings (SSSR count). The van der Waals surface area contributed by atoms with Gasteiger partial charge in [0.2, 0.25) is 5.91 Å². The van der Waals surface area contributed by atoms with E-state index in [9.17, 15) is 4.79 Å². The van der Waals surface area contributed by atoms with Crippen LogP contribution in [-0.2, 0) is 4.79 Å². The minimum atomic E-state index is 0. The number of nitrogens with zero attached hydrogens (tertiary/aromatic N) is 2. The molecule has 0 bridgehead atoms. The fourth-order valence-electron chi connectivity index (χ4n) is 3.40. The maximum absolute atomic E-state index is 10.9. The molecular weight excluding hydrogens is 379 g/mol. The summed E-state index contributed by atoms with van der Waals surface area (Å²) in [5.74, 6) is 2.76. The molecule has 2 fully saturated rings. The van der Waals surface area contributed by atoms with Crippen LogP contribution in [0.5, 0.6) is 0 Å². The van der Waals surface area contributed by atoms with E-state index in [1.807, 2.05) is 0 Å². The van der Waals surface area contributed by atoms with Gasteiger partial charge in [0.25, 0.3) is 0 Å². The van der Waals surface area contributed by atoms with Gasteiger partial charge in [-0.2, -0.15) is 0 Å². The Morgan fingerprint density at radius 3 is 2.33 bits per heavy atom. The Morgan fingerprint density at radius 1 is 1.19 bits per heavy atom. The molecule has 0 aromatic heterocycles. The van der Waals surface area contributed by atoms with Crippen LogP contribution in [0.4, 0.5) is 0 Å². The molecule has 2 atom stereocenters. The summed E-state index contributed by atoms with van der Waals surface area (Å²) in [5.41, 5.74) is 0. The fourth-order valence-corrected chi connectivity index (χ4v) is 3.40. The van der Waals surface area contributed by atoms with Crippen LogP contribution >= 0.6 is 24.0 Å². The standard InChI is InChI=1S/C15H28N4O.HI/c1-3-16-15(18-9-8-17-12(2)20)19-10-13-6-4-5-7-14(13)11-19;/h13-14H,3-11H2,1-2H3,(H,16,18)(H,17,20);1H. The summed E-state index contributed by atoms with van der Waals surface area (Å²) in [6.07, 6.45) is 5.55. The Balaban J connectivity index is 0.00000220. The van der Waals surface area contributed by atoms with Crippen molar-refractivity contribution in [2.75, 3.05) is 32.7 Å². The molecule has 5 nitrogen and oxygen atoms in total. The third-order valence-corrected chi connectivity index (χ3v) is 4.36. The third-order valence-electron chi connectivity index (χ3n) is 4.36. The number of nitrogens with one attached hydrogen (secondary N) is 2. The molecule has 122 valence electrons. The largest absolute Gasteiger partial charge is 0.357 e. The van der Waals surface area contributed by atoms with Gasteiger partial charge in [0.05, 0.1) is 6.54 Å². The third kappa shape index (κ3) is 5.64. The monoisotopic (exact) mass is 408 g/mol. The smallest absolute Gasteiger partial charge is 0.216 e. The van der Waals surface area contributed by atoms with Crippen LogP contribution in [0.15, 0.2) is 4.99 Å². The molecule has 0 radical (unpaired) electrons. The van der Waals surface area contributed by atoms with Crippen molar-refractivity contribution in [1.29, 1.82) is 0 Å². The Kier molecular flexibility index (Phi) is 8.36. The molecule has 1 saturated heterocycles. The molecule has 2 N–H and O–H groups in total. The minimum absolute atomic E-state index is 0. The van der Waals surface area contributed by atoms with E-state index in [0.717, 1.165) is 37.4 Å². The lowest BCUT2D eigenvalue weighted by atomic mass is 9.82. The lowest BCUT2D eigenvalue weighted by molar-refractivity contribution is -0.118. The van der Waals surface area contributed by atoms with Crippen molar-refractivity contribution in [2.24, 2.45) is 16.8 Å². The zero-order valence-corrected chi connectivity index (χ0v) is 15.6. The van der Waals surface area contributed by atoms with E-state index >= 15 is 0 Å². The van der Waals surface area contributed by atoms with Gasteiger partial charge in [0.1, 0.15) is 0 Å². The number of hydrogen-bond donors (Lipinski definition) is 2. The second kappa shape index (κ2) is 9.48. The Hall–Kier alpha value is -0.530. The normalized spacial score (nSPS) is 25.0. The number of aliphatic imine (C=N–C) groups is 1. The topological polar surface area (TPSA) is 56.7 Å². The van der Waals surface area contributed by atoms with Gasteiger partial charge in [-0.1, -0.05) is 12.8 Å². The molecule has 0 aromatic carbocycles. The predicted octanol–water partition coefficient (Wildman–Crippen LogP) is 1.83. The van der Waals surface area contributed by atoms with Crippen LogP contribution in [0.2, 0.25) is 0 Å². The van der Waals surface area contributed by atoms with E-state index in [1.165, 1.54) is 25.7 Å². The van der Waals surface area contributed by atoms with Gasteiger partial charge >= 0.3 is 0 Å². The van der Waals surface area contributed by atoms with Crippen molar-refractivity contribution in [1.82, 2.24) is 15.5 Å². The highest BCUT2D eigenvalue weighted by Gasteiger charge is 2.35. The van der Waals surface area contributed by atoms with Crippen molar-refractivity contribution >= 4 is 35.8 Å². The molecular formula is C15H29IN4O. The number of halogens is 1. The summed E-state index contributed by atoms with van der Waals surface area (Å²) in [6, 6.07) is 0. The number of hydrogen-bond acceptors (Lipinski definition) is 2. The molecule has 1 saturated carbocycles. The number of guanidine groups is 1.